The van der Waals surface area contributed by atoms with Gasteiger partial charge in [0.1, 0.15) is 0 Å². The van der Waals surface area contributed by atoms with Gasteiger partial charge < -0.3 is 0 Å². The Morgan fingerprint density at radius 3 is 2.20 bits per heavy atom. The van der Waals surface area contributed by atoms with Crippen LogP contribution in [0.1, 0.15) is 28.2 Å². The second kappa shape index (κ2) is 4.35. The summed E-state index contributed by atoms with van der Waals surface area (Å²) in [4.78, 5) is 0. The maximum atomic E-state index is 2.32. The van der Waals surface area contributed by atoms with Crippen LogP contribution in [0, 0.1) is 6.92 Å². The summed E-state index contributed by atoms with van der Waals surface area (Å²) in [5.41, 5.74) is 8.35. The quantitative estimate of drug-likeness (QED) is 0.441. The molecule has 0 radical (unpaired) electrons. The monoisotopic (exact) mass is 256 g/mol. The van der Waals surface area contributed by atoms with Crippen LogP contribution in [-0.4, -0.2) is 0 Å². The molecule has 0 amide bonds. The highest BCUT2D eigenvalue weighted by Crippen LogP contribution is 2.47. The molecule has 1 aliphatic carbocycles. The lowest BCUT2D eigenvalue weighted by Crippen LogP contribution is -1.98. The van der Waals surface area contributed by atoms with Crippen LogP contribution in [0.2, 0.25) is 0 Å². The molecule has 0 bridgehead atoms. The van der Waals surface area contributed by atoms with Crippen molar-refractivity contribution in [2.24, 2.45) is 0 Å². The van der Waals surface area contributed by atoms with Crippen LogP contribution >= 0.6 is 0 Å². The van der Waals surface area contributed by atoms with Crippen molar-refractivity contribution in [3.8, 4) is 11.1 Å². The molecule has 0 nitrogen and oxygen atoms in total. The lowest BCUT2D eigenvalue weighted by atomic mass is 9.89. The molecule has 0 aliphatic heterocycles. The fourth-order valence-corrected chi connectivity index (χ4v) is 3.32. The van der Waals surface area contributed by atoms with Crippen LogP contribution in [0.25, 0.3) is 11.1 Å². The summed E-state index contributed by atoms with van der Waals surface area (Å²) >= 11 is 0. The Hall–Kier alpha value is -2.34. The van der Waals surface area contributed by atoms with E-state index in [1.807, 2.05) is 0 Å². The normalized spacial score (nSPS) is 15.8. The minimum atomic E-state index is 0.378. The van der Waals surface area contributed by atoms with Gasteiger partial charge in [0.25, 0.3) is 0 Å². The highest BCUT2D eigenvalue weighted by Gasteiger charge is 2.29. The summed E-state index contributed by atoms with van der Waals surface area (Å²) in [6.45, 7) is 2.17. The molecule has 0 heteroatoms. The van der Waals surface area contributed by atoms with E-state index in [1.165, 1.54) is 33.4 Å². The van der Waals surface area contributed by atoms with Gasteiger partial charge in [-0.05, 0) is 34.7 Å². The molecule has 0 heterocycles. The first-order valence-electron chi connectivity index (χ1n) is 7.09. The van der Waals surface area contributed by atoms with Gasteiger partial charge in [0.15, 0.2) is 0 Å². The Kier molecular flexibility index (Phi) is 2.50. The van der Waals surface area contributed by atoms with Crippen molar-refractivity contribution < 1.29 is 0 Å². The lowest BCUT2D eigenvalue weighted by molar-refractivity contribution is 1.01. The van der Waals surface area contributed by atoms with Crippen LogP contribution in [0.4, 0.5) is 0 Å². The maximum Gasteiger partial charge on any atom is 0.0352 e. The SMILES string of the molecule is Cc1ccc2c(c1)-c1ccccc1C2c1ccccc1. The molecule has 1 aliphatic rings. The molecule has 0 N–H and O–H groups in total. The molecule has 0 saturated carbocycles. The van der Waals surface area contributed by atoms with E-state index in [0.717, 1.165) is 0 Å². The first kappa shape index (κ1) is 11.5. The molecule has 0 saturated heterocycles. The summed E-state index contributed by atoms with van der Waals surface area (Å²) in [6.07, 6.45) is 0. The number of aryl methyl sites for hydroxylation is 1. The average Bonchev–Trinajstić information content (AvgIpc) is 2.82. The van der Waals surface area contributed by atoms with Crippen LogP contribution in [0.3, 0.4) is 0 Å². The van der Waals surface area contributed by atoms with E-state index < -0.39 is 0 Å². The summed E-state index contributed by atoms with van der Waals surface area (Å²) in [7, 11) is 0. The minimum Gasteiger partial charge on any atom is -0.0622 e. The smallest absolute Gasteiger partial charge is 0.0352 e. The molecule has 1 atom stereocenters. The largest absolute Gasteiger partial charge is 0.0622 e. The summed E-state index contributed by atoms with van der Waals surface area (Å²) in [6, 6.07) is 26.4. The van der Waals surface area contributed by atoms with Crippen molar-refractivity contribution in [2.75, 3.05) is 0 Å². The second-order valence-electron chi connectivity index (χ2n) is 5.52. The Morgan fingerprint density at radius 2 is 1.35 bits per heavy atom. The summed E-state index contributed by atoms with van der Waals surface area (Å²) in [5.74, 6) is 0.378. The topological polar surface area (TPSA) is 0 Å². The first-order valence-corrected chi connectivity index (χ1v) is 7.09. The fourth-order valence-electron chi connectivity index (χ4n) is 3.32. The van der Waals surface area contributed by atoms with Crippen molar-refractivity contribution in [3.05, 3.63) is 95.1 Å². The van der Waals surface area contributed by atoms with Gasteiger partial charge in [-0.25, -0.2) is 0 Å². The predicted molar refractivity (Wildman–Crippen MR) is 84.0 cm³/mol. The van der Waals surface area contributed by atoms with Crippen LogP contribution in [0.15, 0.2) is 72.8 Å². The number of rotatable bonds is 1. The first-order chi connectivity index (χ1) is 9.84. The zero-order valence-electron chi connectivity index (χ0n) is 11.5. The van der Waals surface area contributed by atoms with Crippen molar-refractivity contribution >= 4 is 0 Å². The second-order valence-corrected chi connectivity index (χ2v) is 5.52. The summed E-state index contributed by atoms with van der Waals surface area (Å²) in [5, 5.41) is 0. The predicted octanol–water partition coefficient (Wildman–Crippen LogP) is 5.16. The van der Waals surface area contributed by atoms with E-state index in [4.69, 9.17) is 0 Å². The van der Waals surface area contributed by atoms with Crippen LogP contribution in [0.5, 0.6) is 0 Å². The Bertz CT molecular complexity index is 769. The van der Waals surface area contributed by atoms with Gasteiger partial charge in [0.05, 0.1) is 0 Å². The van der Waals surface area contributed by atoms with Crippen molar-refractivity contribution in [1.82, 2.24) is 0 Å². The van der Waals surface area contributed by atoms with Gasteiger partial charge in [-0.2, -0.15) is 0 Å². The van der Waals surface area contributed by atoms with E-state index in [-0.39, 0.29) is 0 Å². The van der Waals surface area contributed by atoms with Gasteiger partial charge in [0.2, 0.25) is 0 Å². The molecular weight excluding hydrogens is 240 g/mol. The molecule has 0 aromatic heterocycles. The molecule has 3 aromatic carbocycles. The molecule has 3 aromatic rings. The van der Waals surface area contributed by atoms with Gasteiger partial charge in [-0.1, -0.05) is 78.4 Å². The minimum absolute atomic E-state index is 0.378. The molecule has 0 fully saturated rings. The van der Waals surface area contributed by atoms with E-state index >= 15 is 0 Å². The highest BCUT2D eigenvalue weighted by atomic mass is 14.3. The third-order valence-electron chi connectivity index (χ3n) is 4.21. The Labute approximate surface area is 119 Å². The molecule has 1 unspecified atom stereocenters. The lowest BCUT2D eigenvalue weighted by Gasteiger charge is -2.14. The number of fused-ring (bicyclic) bond motifs is 3. The number of hydrogen-bond acceptors (Lipinski definition) is 0. The van der Waals surface area contributed by atoms with Gasteiger partial charge in [0, 0.05) is 5.92 Å². The Balaban J connectivity index is 2.02. The third-order valence-corrected chi connectivity index (χ3v) is 4.21. The van der Waals surface area contributed by atoms with Gasteiger partial charge in [-0.15, -0.1) is 0 Å². The number of hydrogen-bond donors (Lipinski definition) is 0. The average molecular weight is 256 g/mol. The molecule has 20 heavy (non-hydrogen) atoms. The van der Waals surface area contributed by atoms with Crippen LogP contribution in [-0.2, 0) is 0 Å². The zero-order chi connectivity index (χ0) is 13.5. The van der Waals surface area contributed by atoms with E-state index in [2.05, 4.69) is 79.7 Å². The van der Waals surface area contributed by atoms with Crippen molar-refractivity contribution in [3.63, 3.8) is 0 Å². The van der Waals surface area contributed by atoms with Gasteiger partial charge >= 0.3 is 0 Å². The van der Waals surface area contributed by atoms with Crippen molar-refractivity contribution in [1.29, 1.82) is 0 Å². The third kappa shape index (κ3) is 1.61. The van der Waals surface area contributed by atoms with E-state index in [0.29, 0.717) is 5.92 Å². The fraction of sp³-hybridized carbons (Fsp3) is 0.100. The molecule has 96 valence electrons. The zero-order valence-corrected chi connectivity index (χ0v) is 11.5. The summed E-state index contributed by atoms with van der Waals surface area (Å²) < 4.78 is 0. The molecule has 0 spiro atoms. The number of benzene rings is 3. The highest BCUT2D eigenvalue weighted by molar-refractivity contribution is 5.81. The maximum absolute atomic E-state index is 2.32. The van der Waals surface area contributed by atoms with Crippen LogP contribution < -0.4 is 0 Å². The standard InChI is InChI=1S/C20H16/c1-14-11-12-18-19(13-14)16-9-5-6-10-17(16)20(18)15-7-3-2-4-8-15/h2-13,20H,1H3. The molecular formula is C20H16. The molecule has 4 rings (SSSR count). The van der Waals surface area contributed by atoms with E-state index in [1.54, 1.807) is 0 Å². The Morgan fingerprint density at radius 1 is 0.650 bits per heavy atom. The van der Waals surface area contributed by atoms with E-state index in [9.17, 15) is 0 Å². The van der Waals surface area contributed by atoms with Gasteiger partial charge in [-0.3, -0.25) is 0 Å². The van der Waals surface area contributed by atoms with Crippen molar-refractivity contribution in [2.45, 2.75) is 12.8 Å².